The molecule has 1 saturated heterocycles. The lowest BCUT2D eigenvalue weighted by molar-refractivity contribution is 0.0724. The maximum absolute atomic E-state index is 13.1. The van der Waals surface area contributed by atoms with Gasteiger partial charge in [0.1, 0.15) is 0 Å². The average molecular weight is 368 g/mol. The van der Waals surface area contributed by atoms with Gasteiger partial charge in [0.15, 0.2) is 0 Å². The Morgan fingerprint density at radius 1 is 1.26 bits per heavy atom. The third-order valence-electron chi connectivity index (χ3n) is 5.23. The molecule has 3 rings (SSSR count). The normalized spacial score (nSPS) is 16.2. The van der Waals surface area contributed by atoms with Gasteiger partial charge in [-0.1, -0.05) is 13.0 Å². The zero-order valence-corrected chi connectivity index (χ0v) is 16.6. The van der Waals surface area contributed by atoms with Crippen LogP contribution >= 0.6 is 0 Å². The maximum Gasteiger partial charge on any atom is 0.257 e. The van der Waals surface area contributed by atoms with Crippen molar-refractivity contribution in [1.29, 1.82) is 0 Å². The molecule has 0 aliphatic carbocycles. The lowest BCUT2D eigenvalue weighted by atomic mass is 10.0. The molecule has 2 aromatic heterocycles. The smallest absolute Gasteiger partial charge is 0.257 e. The first-order chi connectivity index (χ1) is 13.0. The van der Waals surface area contributed by atoms with Gasteiger partial charge in [-0.05, 0) is 32.0 Å². The molecule has 0 bridgehead atoms. The number of carbonyl (C=O) groups is 1. The quantitative estimate of drug-likeness (QED) is 0.806. The molecule has 1 fully saturated rings. The number of pyridine rings is 1. The number of rotatable bonds is 5. The summed E-state index contributed by atoms with van der Waals surface area (Å²) in [5.74, 6) is 0.646. The highest BCUT2D eigenvalue weighted by atomic mass is 16.2. The molecular weight excluding hydrogens is 340 g/mol. The predicted octanol–water partition coefficient (Wildman–Crippen LogP) is 2.16. The second-order valence-corrected chi connectivity index (χ2v) is 7.09. The molecule has 2 aromatic rings. The Morgan fingerprint density at radius 3 is 2.59 bits per heavy atom. The second-order valence-electron chi connectivity index (χ2n) is 7.09. The van der Waals surface area contributed by atoms with Gasteiger partial charge in [-0.3, -0.25) is 9.78 Å². The summed E-state index contributed by atoms with van der Waals surface area (Å²) in [6, 6.07) is 3.88. The van der Waals surface area contributed by atoms with E-state index < -0.39 is 0 Å². The summed E-state index contributed by atoms with van der Waals surface area (Å²) in [6.45, 7) is 7.75. The fourth-order valence-corrected chi connectivity index (χ4v) is 3.46. The van der Waals surface area contributed by atoms with Crippen molar-refractivity contribution in [2.24, 2.45) is 0 Å². The number of piperazine rings is 1. The van der Waals surface area contributed by atoms with E-state index in [2.05, 4.69) is 38.7 Å². The lowest BCUT2D eigenvalue weighted by Gasteiger charge is -2.32. The Balaban J connectivity index is 1.78. The predicted molar refractivity (Wildman–Crippen MR) is 106 cm³/mol. The van der Waals surface area contributed by atoms with E-state index in [1.54, 1.807) is 17.3 Å². The van der Waals surface area contributed by atoms with E-state index in [4.69, 9.17) is 0 Å². The topological polar surface area (TPSA) is 65.5 Å². The van der Waals surface area contributed by atoms with Crippen molar-refractivity contribution in [1.82, 2.24) is 24.8 Å². The lowest BCUT2D eigenvalue weighted by Crippen LogP contribution is -2.45. The van der Waals surface area contributed by atoms with Gasteiger partial charge in [-0.25, -0.2) is 9.97 Å². The van der Waals surface area contributed by atoms with E-state index >= 15 is 0 Å². The molecule has 1 aliphatic heterocycles. The zero-order valence-electron chi connectivity index (χ0n) is 16.6. The molecule has 7 nitrogen and oxygen atoms in total. The first-order valence-electron chi connectivity index (χ1n) is 9.45. The van der Waals surface area contributed by atoms with Gasteiger partial charge in [0.25, 0.3) is 5.91 Å². The summed E-state index contributed by atoms with van der Waals surface area (Å²) in [5, 5.41) is 0. The number of hydrogen-bond acceptors (Lipinski definition) is 6. The minimum Gasteiger partial charge on any atom is -0.338 e. The van der Waals surface area contributed by atoms with E-state index in [1.165, 1.54) is 0 Å². The van der Waals surface area contributed by atoms with Crippen LogP contribution in [-0.4, -0.2) is 70.9 Å². The Bertz CT molecular complexity index is 773. The van der Waals surface area contributed by atoms with Crippen molar-refractivity contribution in [2.45, 2.75) is 26.3 Å². The van der Waals surface area contributed by atoms with Gasteiger partial charge in [0, 0.05) is 51.8 Å². The zero-order chi connectivity index (χ0) is 19.4. The Morgan fingerprint density at radius 2 is 2.00 bits per heavy atom. The number of aromatic nitrogens is 3. The van der Waals surface area contributed by atoms with Gasteiger partial charge in [-0.15, -0.1) is 0 Å². The van der Waals surface area contributed by atoms with Crippen molar-refractivity contribution >= 4 is 11.9 Å². The van der Waals surface area contributed by atoms with Gasteiger partial charge in [0.2, 0.25) is 5.95 Å². The maximum atomic E-state index is 13.1. The summed E-state index contributed by atoms with van der Waals surface area (Å²) in [7, 11) is 3.95. The van der Waals surface area contributed by atoms with Crippen molar-refractivity contribution in [2.75, 3.05) is 45.2 Å². The molecule has 7 heteroatoms. The number of carbonyl (C=O) groups excluding carboxylic acids is 1. The largest absolute Gasteiger partial charge is 0.338 e. The van der Waals surface area contributed by atoms with Crippen LogP contribution in [0.4, 0.5) is 5.95 Å². The molecule has 3 heterocycles. The summed E-state index contributed by atoms with van der Waals surface area (Å²) in [5.41, 5.74) is 2.30. The molecule has 0 N–H and O–H groups in total. The number of amides is 1. The highest BCUT2D eigenvalue weighted by Crippen LogP contribution is 2.24. The highest BCUT2D eigenvalue weighted by molar-refractivity contribution is 5.95. The van der Waals surface area contributed by atoms with E-state index in [0.717, 1.165) is 43.9 Å². The fourth-order valence-electron chi connectivity index (χ4n) is 3.46. The molecule has 27 heavy (non-hydrogen) atoms. The SMILES string of the molecule is CCC(c1cccnc1)N(C)C(=O)c1cnc(N2CCN(C)CC2)nc1C. The number of likely N-dealkylation sites (N-methyl/N-ethyl adjacent to an activating group) is 1. The number of aryl methyl sites for hydroxylation is 1. The summed E-state index contributed by atoms with van der Waals surface area (Å²) < 4.78 is 0. The third-order valence-corrected chi connectivity index (χ3v) is 5.23. The molecular formula is C20H28N6O. The van der Waals surface area contributed by atoms with E-state index in [-0.39, 0.29) is 11.9 Å². The molecule has 1 unspecified atom stereocenters. The van der Waals surface area contributed by atoms with Gasteiger partial charge >= 0.3 is 0 Å². The fraction of sp³-hybridized carbons (Fsp3) is 0.500. The highest BCUT2D eigenvalue weighted by Gasteiger charge is 2.24. The Hall–Kier alpha value is -2.54. The monoisotopic (exact) mass is 368 g/mol. The summed E-state index contributed by atoms with van der Waals surface area (Å²) in [4.78, 5) is 32.6. The third kappa shape index (κ3) is 4.24. The second kappa shape index (κ2) is 8.43. The van der Waals surface area contributed by atoms with Crippen LogP contribution in [0.25, 0.3) is 0 Å². The van der Waals surface area contributed by atoms with Crippen LogP contribution in [0.2, 0.25) is 0 Å². The number of hydrogen-bond donors (Lipinski definition) is 0. The van der Waals surface area contributed by atoms with Crippen molar-refractivity contribution in [3.8, 4) is 0 Å². The average Bonchev–Trinajstić information content (AvgIpc) is 2.69. The first-order valence-corrected chi connectivity index (χ1v) is 9.45. The molecule has 1 amide bonds. The van der Waals surface area contributed by atoms with Gasteiger partial charge in [0.05, 0.1) is 17.3 Å². The Labute approximate surface area is 161 Å². The summed E-state index contributed by atoms with van der Waals surface area (Å²) >= 11 is 0. The molecule has 0 spiro atoms. The van der Waals surface area contributed by atoms with Crippen molar-refractivity contribution in [3.05, 3.63) is 47.5 Å². The number of anilines is 1. The van der Waals surface area contributed by atoms with Crippen LogP contribution in [0, 0.1) is 6.92 Å². The van der Waals surface area contributed by atoms with E-state index in [1.807, 2.05) is 32.3 Å². The molecule has 0 saturated carbocycles. The first kappa shape index (κ1) is 19.2. The minimum atomic E-state index is -0.0619. The van der Waals surface area contributed by atoms with Crippen LogP contribution < -0.4 is 4.90 Å². The molecule has 144 valence electrons. The van der Waals surface area contributed by atoms with Crippen molar-refractivity contribution in [3.63, 3.8) is 0 Å². The molecule has 0 radical (unpaired) electrons. The van der Waals surface area contributed by atoms with E-state index in [9.17, 15) is 4.79 Å². The minimum absolute atomic E-state index is 0.0251. The van der Waals surface area contributed by atoms with Crippen LogP contribution in [0.5, 0.6) is 0 Å². The van der Waals surface area contributed by atoms with Crippen LogP contribution in [-0.2, 0) is 0 Å². The van der Waals surface area contributed by atoms with Crippen molar-refractivity contribution < 1.29 is 4.79 Å². The van der Waals surface area contributed by atoms with E-state index in [0.29, 0.717) is 11.5 Å². The van der Waals surface area contributed by atoms with Crippen LogP contribution in [0.15, 0.2) is 30.7 Å². The van der Waals surface area contributed by atoms with Crippen LogP contribution in [0.1, 0.15) is 41.0 Å². The van der Waals surface area contributed by atoms with Gasteiger partial charge < -0.3 is 14.7 Å². The molecule has 1 aliphatic rings. The van der Waals surface area contributed by atoms with Crippen LogP contribution in [0.3, 0.4) is 0 Å². The summed E-state index contributed by atoms with van der Waals surface area (Å²) in [6.07, 6.45) is 6.04. The number of nitrogens with zero attached hydrogens (tertiary/aromatic N) is 6. The standard InChI is InChI=1S/C20H28N6O/c1-5-18(16-7-6-8-21-13-16)25(4)19(27)17-14-22-20(23-15(17)2)26-11-9-24(3)10-12-26/h6-8,13-14,18H,5,9-12H2,1-4H3. The van der Waals surface area contributed by atoms with Gasteiger partial charge in [-0.2, -0.15) is 0 Å². The molecule has 1 atom stereocenters. The Kier molecular flexibility index (Phi) is 6.01. The molecule has 0 aromatic carbocycles.